The Morgan fingerprint density at radius 1 is 0.826 bits per heavy atom. The summed E-state index contributed by atoms with van der Waals surface area (Å²) in [6.45, 7) is 4.35. The van der Waals surface area contributed by atoms with Gasteiger partial charge in [-0.05, 0) is 25.0 Å². The van der Waals surface area contributed by atoms with Crippen LogP contribution in [0.4, 0.5) is 0 Å². The van der Waals surface area contributed by atoms with E-state index in [0.717, 1.165) is 0 Å². The highest BCUT2D eigenvalue weighted by Gasteiger charge is 2.41. The van der Waals surface area contributed by atoms with Gasteiger partial charge in [-0.3, -0.25) is 0 Å². The van der Waals surface area contributed by atoms with Crippen molar-refractivity contribution in [2.24, 2.45) is 5.41 Å². The Balaban J connectivity index is 2.42. The third-order valence-electron chi connectivity index (χ3n) is 4.36. The summed E-state index contributed by atoms with van der Waals surface area (Å²) in [7, 11) is 0. The number of rotatable bonds is 2. The molecule has 0 radical (unpaired) electrons. The minimum atomic E-state index is -0.515. The van der Waals surface area contributed by atoms with Gasteiger partial charge in [0.05, 0.1) is 23.3 Å². The molecule has 6 heteroatoms. The van der Waals surface area contributed by atoms with Crippen molar-refractivity contribution < 1.29 is 0 Å². The maximum atomic E-state index is 9.22. The van der Waals surface area contributed by atoms with Crippen LogP contribution in [-0.4, -0.2) is 6.47 Å². The summed E-state index contributed by atoms with van der Waals surface area (Å²) in [6.07, 6.45) is 9.19. The molecule has 0 heterocycles. The van der Waals surface area contributed by atoms with Crippen LogP contribution in [-0.2, 0) is 0 Å². The first-order valence-corrected chi connectivity index (χ1v) is 10.1. The molecule has 2 rings (SSSR count). The second kappa shape index (κ2) is 6.64. The van der Waals surface area contributed by atoms with Gasteiger partial charge < -0.3 is 0 Å². The highest BCUT2D eigenvalue weighted by atomic mass is 79.9. The number of halogens is 4. The van der Waals surface area contributed by atoms with Crippen LogP contribution in [0.5, 0.6) is 0 Å². The van der Waals surface area contributed by atoms with Gasteiger partial charge in [0.25, 0.3) is 0 Å². The normalized spacial score (nSPS) is 22.8. The summed E-state index contributed by atoms with van der Waals surface area (Å²) in [5, 5.41) is 18.4. The maximum Gasteiger partial charge on any atom is 0.119 e. The molecule has 120 valence electrons. The van der Waals surface area contributed by atoms with Crippen molar-refractivity contribution in [2.45, 2.75) is 33.2 Å². The van der Waals surface area contributed by atoms with Crippen LogP contribution in [0.2, 0.25) is 0 Å². The fraction of sp³-hybridized carbons (Fsp3) is 0.412. The standard InChI is InChI=1S/C17H14Br4N2/c1-15(2,11-3-5-13(9-22)16(18,19)7-11)12-4-6-14(10-23)17(20,21)8-12/h3-6H,7-8H2,1-2H3. The van der Waals surface area contributed by atoms with Crippen molar-refractivity contribution in [3.8, 4) is 12.1 Å². The number of hydrogen-bond acceptors (Lipinski definition) is 2. The summed E-state index contributed by atoms with van der Waals surface area (Å²) in [5.41, 5.74) is 3.59. The first-order chi connectivity index (χ1) is 10.5. The first-order valence-electron chi connectivity index (χ1n) is 6.94. The number of alkyl halides is 4. The van der Waals surface area contributed by atoms with Crippen LogP contribution in [0.1, 0.15) is 26.7 Å². The lowest BCUT2D eigenvalue weighted by Crippen LogP contribution is -2.30. The molecular weight excluding hydrogens is 552 g/mol. The van der Waals surface area contributed by atoms with Crippen LogP contribution in [0, 0.1) is 28.1 Å². The zero-order valence-electron chi connectivity index (χ0n) is 12.6. The van der Waals surface area contributed by atoms with Gasteiger partial charge in [0, 0.05) is 5.41 Å². The maximum absolute atomic E-state index is 9.22. The van der Waals surface area contributed by atoms with E-state index in [0.29, 0.717) is 24.0 Å². The van der Waals surface area contributed by atoms with E-state index in [-0.39, 0.29) is 5.41 Å². The van der Waals surface area contributed by atoms with Crippen LogP contribution in [0.15, 0.2) is 46.6 Å². The van der Waals surface area contributed by atoms with E-state index in [9.17, 15) is 10.5 Å². The molecule has 0 aromatic rings. The minimum absolute atomic E-state index is 0.186. The summed E-state index contributed by atoms with van der Waals surface area (Å²) < 4.78 is -1.03. The first kappa shape index (κ1) is 19.2. The molecule has 0 N–H and O–H groups in total. The SMILES string of the molecule is CC(C)(C1=CC=C(C#N)C(Br)(Br)C1)C1=CC=C(C#N)C(Br)(Br)C1. The Labute approximate surface area is 170 Å². The molecule has 0 unspecified atom stereocenters. The van der Waals surface area contributed by atoms with Crippen LogP contribution in [0.25, 0.3) is 0 Å². The summed E-state index contributed by atoms with van der Waals surface area (Å²) in [6, 6.07) is 4.44. The molecule has 0 aromatic carbocycles. The van der Waals surface area contributed by atoms with Crippen LogP contribution in [0.3, 0.4) is 0 Å². The lowest BCUT2D eigenvalue weighted by molar-refractivity contribution is 0.489. The highest BCUT2D eigenvalue weighted by molar-refractivity contribution is 9.25. The average molecular weight is 566 g/mol. The largest absolute Gasteiger partial charge is 0.193 e. The Morgan fingerprint density at radius 2 is 1.17 bits per heavy atom. The zero-order chi connectivity index (χ0) is 17.5. The lowest BCUT2D eigenvalue weighted by atomic mass is 9.71. The molecule has 2 aliphatic rings. The molecule has 0 saturated carbocycles. The second-order valence-corrected chi connectivity index (χ2v) is 13.7. The molecule has 0 spiro atoms. The number of nitrogens with zero attached hydrogens (tertiary/aromatic N) is 2. The van der Waals surface area contributed by atoms with Crippen molar-refractivity contribution in [3.05, 3.63) is 46.6 Å². The van der Waals surface area contributed by atoms with Gasteiger partial charge in [-0.1, -0.05) is 101 Å². The van der Waals surface area contributed by atoms with Gasteiger partial charge in [-0.15, -0.1) is 0 Å². The molecule has 0 saturated heterocycles. The number of allylic oxidation sites excluding steroid dienone is 8. The molecule has 0 atom stereocenters. The molecular formula is C17H14Br4N2. The lowest BCUT2D eigenvalue weighted by Gasteiger charge is -2.39. The van der Waals surface area contributed by atoms with Crippen LogP contribution >= 0.6 is 63.7 Å². The van der Waals surface area contributed by atoms with Gasteiger partial charge in [-0.2, -0.15) is 10.5 Å². The molecule has 0 fully saturated rings. The monoisotopic (exact) mass is 562 g/mol. The van der Waals surface area contributed by atoms with Crippen molar-refractivity contribution >= 4 is 63.7 Å². The fourth-order valence-electron chi connectivity index (χ4n) is 2.70. The Kier molecular flexibility index (Phi) is 5.54. The van der Waals surface area contributed by atoms with E-state index in [2.05, 4.69) is 89.7 Å². The van der Waals surface area contributed by atoms with Gasteiger partial charge >= 0.3 is 0 Å². The Bertz CT molecular complexity index is 676. The van der Waals surface area contributed by atoms with Crippen molar-refractivity contribution in [3.63, 3.8) is 0 Å². The Hall–Kier alpha value is -0.140. The van der Waals surface area contributed by atoms with Crippen molar-refractivity contribution in [1.82, 2.24) is 0 Å². The van der Waals surface area contributed by atoms with E-state index in [1.165, 1.54) is 11.1 Å². The number of hydrogen-bond donors (Lipinski definition) is 0. The van der Waals surface area contributed by atoms with Gasteiger partial charge in [-0.25, -0.2) is 0 Å². The average Bonchev–Trinajstić information content (AvgIpc) is 2.45. The molecule has 0 aliphatic heterocycles. The van der Waals surface area contributed by atoms with Crippen LogP contribution < -0.4 is 0 Å². The van der Waals surface area contributed by atoms with E-state index in [1.807, 2.05) is 24.3 Å². The third-order valence-corrected chi connectivity index (χ3v) is 7.19. The van der Waals surface area contributed by atoms with Gasteiger partial charge in [0.2, 0.25) is 0 Å². The Morgan fingerprint density at radius 3 is 1.43 bits per heavy atom. The van der Waals surface area contributed by atoms with Gasteiger partial charge in [0.15, 0.2) is 0 Å². The minimum Gasteiger partial charge on any atom is -0.193 e. The fourth-order valence-corrected chi connectivity index (χ4v) is 4.79. The predicted octanol–water partition coefficient (Wildman–Crippen LogP) is 6.54. The number of nitriles is 2. The van der Waals surface area contributed by atoms with E-state index in [1.54, 1.807) is 0 Å². The zero-order valence-corrected chi connectivity index (χ0v) is 19.0. The third kappa shape index (κ3) is 3.76. The van der Waals surface area contributed by atoms with Gasteiger partial charge in [0.1, 0.15) is 6.47 Å². The molecule has 0 bridgehead atoms. The topological polar surface area (TPSA) is 47.6 Å². The predicted molar refractivity (Wildman–Crippen MR) is 108 cm³/mol. The molecule has 2 nitrogen and oxygen atoms in total. The smallest absolute Gasteiger partial charge is 0.119 e. The van der Waals surface area contributed by atoms with E-state index >= 15 is 0 Å². The quantitative estimate of drug-likeness (QED) is 0.357. The summed E-state index contributed by atoms with van der Waals surface area (Å²) >= 11 is 14.4. The highest BCUT2D eigenvalue weighted by Crippen LogP contribution is 2.53. The summed E-state index contributed by atoms with van der Waals surface area (Å²) in [4.78, 5) is 0. The summed E-state index contributed by atoms with van der Waals surface area (Å²) in [5.74, 6) is 0. The molecule has 23 heavy (non-hydrogen) atoms. The van der Waals surface area contributed by atoms with E-state index in [4.69, 9.17) is 0 Å². The molecule has 0 aromatic heterocycles. The van der Waals surface area contributed by atoms with Crippen molar-refractivity contribution in [2.75, 3.05) is 0 Å². The van der Waals surface area contributed by atoms with Crippen molar-refractivity contribution in [1.29, 1.82) is 10.5 Å². The second-order valence-electron chi connectivity index (χ2n) is 6.16. The molecule has 0 amide bonds. The van der Waals surface area contributed by atoms with E-state index < -0.39 is 6.47 Å². The molecule has 2 aliphatic carbocycles.